The summed E-state index contributed by atoms with van der Waals surface area (Å²) in [4.78, 5) is 33.1. The number of amides is 4. The van der Waals surface area contributed by atoms with Gasteiger partial charge < -0.3 is 35.0 Å². The minimum Gasteiger partial charge on any atom is -0.493 e. The second-order valence-corrected chi connectivity index (χ2v) is 8.71. The molecule has 4 amide bonds. The fourth-order valence-electron chi connectivity index (χ4n) is 3.89. The lowest BCUT2D eigenvalue weighted by Gasteiger charge is -2.36. The first-order chi connectivity index (χ1) is 18.5. The van der Waals surface area contributed by atoms with Crippen LogP contribution in [0.1, 0.15) is 0 Å². The number of piperazine rings is 1. The number of rotatable bonds is 8. The molecule has 1 aliphatic rings. The molecule has 12 heteroatoms. The van der Waals surface area contributed by atoms with Crippen molar-refractivity contribution in [3.8, 4) is 11.5 Å². The lowest BCUT2D eigenvalue weighted by molar-refractivity contribution is 0.201. The van der Waals surface area contributed by atoms with Crippen molar-refractivity contribution in [1.82, 2.24) is 9.88 Å². The lowest BCUT2D eigenvalue weighted by atomic mass is 10.2. The van der Waals surface area contributed by atoms with Gasteiger partial charge in [-0.05, 0) is 48.5 Å². The van der Waals surface area contributed by atoms with Crippen LogP contribution in [0.2, 0.25) is 5.02 Å². The largest absolute Gasteiger partial charge is 0.493 e. The molecule has 2 aromatic carbocycles. The van der Waals surface area contributed by atoms with Gasteiger partial charge in [0, 0.05) is 49.8 Å². The molecule has 4 N–H and O–H groups in total. The molecule has 3 aromatic rings. The molecule has 0 aliphatic carbocycles. The van der Waals surface area contributed by atoms with Gasteiger partial charge in [-0.2, -0.15) is 0 Å². The number of aliphatic hydroxyl groups excluding tert-OH is 1. The molecule has 1 aromatic heterocycles. The van der Waals surface area contributed by atoms with E-state index in [0.29, 0.717) is 59.9 Å². The fourth-order valence-corrected chi connectivity index (χ4v) is 4.10. The maximum Gasteiger partial charge on any atom is 0.324 e. The average Bonchev–Trinajstić information content (AvgIpc) is 2.94. The number of nitrogens with zero attached hydrogens (tertiary/aromatic N) is 3. The van der Waals surface area contributed by atoms with E-state index in [9.17, 15) is 9.59 Å². The summed E-state index contributed by atoms with van der Waals surface area (Å²) in [6.45, 7) is 2.46. The molecule has 4 rings (SSSR count). The van der Waals surface area contributed by atoms with Crippen molar-refractivity contribution in [3.63, 3.8) is 0 Å². The number of pyridine rings is 1. The number of carbonyl (C=O) groups is 2. The first kappa shape index (κ1) is 26.8. The molecule has 0 radical (unpaired) electrons. The summed E-state index contributed by atoms with van der Waals surface area (Å²) in [5, 5.41) is 17.5. The van der Waals surface area contributed by atoms with E-state index in [-0.39, 0.29) is 19.2 Å². The van der Waals surface area contributed by atoms with Crippen LogP contribution < -0.4 is 30.3 Å². The number of anilines is 4. The minimum atomic E-state index is -0.429. The second-order valence-electron chi connectivity index (χ2n) is 8.30. The van der Waals surface area contributed by atoms with Gasteiger partial charge in [0.2, 0.25) is 0 Å². The lowest BCUT2D eigenvalue weighted by Crippen LogP contribution is -2.50. The van der Waals surface area contributed by atoms with Gasteiger partial charge in [-0.3, -0.25) is 5.32 Å². The first-order valence-electron chi connectivity index (χ1n) is 12.0. The number of nitrogens with one attached hydrogen (secondary N) is 3. The molecule has 1 saturated heterocycles. The predicted octanol–water partition coefficient (Wildman–Crippen LogP) is 4.11. The van der Waals surface area contributed by atoms with Crippen LogP contribution in [-0.4, -0.2) is 73.6 Å². The Bertz CT molecular complexity index is 1250. The highest BCUT2D eigenvalue weighted by molar-refractivity contribution is 6.33. The standard InChI is InChI=1S/C26H29ClN6O5/c1-37-23-3-2-10-28-24(23)31-25(35)29-18-4-6-19(7-5-18)32-11-13-33(14-12-32)26(36)30-22-9-8-20(17-21(22)27)38-16-15-34/h2-10,17,34H,11-16H2,1H3,(H,30,36)(H2,28,29,31,35). The third kappa shape index (κ3) is 6.96. The number of methoxy groups -OCH3 is 1. The Morgan fingerprint density at radius 2 is 1.79 bits per heavy atom. The first-order valence-corrected chi connectivity index (χ1v) is 12.4. The molecule has 200 valence electrons. The maximum absolute atomic E-state index is 12.8. The van der Waals surface area contributed by atoms with Crippen LogP contribution in [0.15, 0.2) is 60.8 Å². The van der Waals surface area contributed by atoms with Crippen molar-refractivity contribution in [2.24, 2.45) is 0 Å². The molecule has 1 fully saturated rings. The Labute approximate surface area is 225 Å². The molecule has 0 unspecified atom stereocenters. The van der Waals surface area contributed by atoms with Crippen molar-refractivity contribution in [2.75, 3.05) is 67.4 Å². The van der Waals surface area contributed by atoms with Crippen molar-refractivity contribution < 1.29 is 24.2 Å². The number of ether oxygens (including phenoxy) is 2. The third-order valence-electron chi connectivity index (χ3n) is 5.82. The molecule has 0 saturated carbocycles. The summed E-state index contributed by atoms with van der Waals surface area (Å²) >= 11 is 6.27. The van der Waals surface area contributed by atoms with E-state index >= 15 is 0 Å². The number of aromatic nitrogens is 1. The average molecular weight is 541 g/mol. The Kier molecular flexibility index (Phi) is 9.07. The number of aliphatic hydroxyl groups is 1. The number of hydrogen-bond acceptors (Lipinski definition) is 7. The highest BCUT2D eigenvalue weighted by Crippen LogP contribution is 2.27. The molecule has 38 heavy (non-hydrogen) atoms. The van der Waals surface area contributed by atoms with Crippen LogP contribution >= 0.6 is 11.6 Å². The zero-order chi connectivity index (χ0) is 26.9. The molecule has 1 aliphatic heterocycles. The molecule has 0 bridgehead atoms. The van der Waals surface area contributed by atoms with Crippen molar-refractivity contribution >= 4 is 46.5 Å². The summed E-state index contributed by atoms with van der Waals surface area (Å²) in [6, 6.07) is 15.2. The van der Waals surface area contributed by atoms with Gasteiger partial charge in [0.25, 0.3) is 0 Å². The van der Waals surface area contributed by atoms with Crippen molar-refractivity contribution in [3.05, 3.63) is 65.8 Å². The summed E-state index contributed by atoms with van der Waals surface area (Å²) < 4.78 is 10.5. The third-order valence-corrected chi connectivity index (χ3v) is 6.13. The van der Waals surface area contributed by atoms with Crippen LogP contribution in [0, 0.1) is 0 Å². The van der Waals surface area contributed by atoms with Gasteiger partial charge in [-0.15, -0.1) is 0 Å². The van der Waals surface area contributed by atoms with Crippen LogP contribution in [0.4, 0.5) is 32.5 Å². The van der Waals surface area contributed by atoms with Gasteiger partial charge in [0.1, 0.15) is 12.4 Å². The minimum absolute atomic E-state index is 0.0943. The number of urea groups is 2. The SMILES string of the molecule is COc1cccnc1NC(=O)Nc1ccc(N2CCN(C(=O)Nc3ccc(OCCO)cc3Cl)CC2)cc1. The van der Waals surface area contributed by atoms with E-state index in [4.69, 9.17) is 26.2 Å². The van der Waals surface area contributed by atoms with Gasteiger partial charge in [0.05, 0.1) is 24.4 Å². The quantitative estimate of drug-likeness (QED) is 0.338. The Morgan fingerprint density at radius 1 is 1.03 bits per heavy atom. The number of hydrogen-bond donors (Lipinski definition) is 4. The van der Waals surface area contributed by atoms with Crippen molar-refractivity contribution in [1.29, 1.82) is 0 Å². The maximum atomic E-state index is 12.8. The number of benzene rings is 2. The molecular weight excluding hydrogens is 512 g/mol. The Hall–Kier alpha value is -4.22. The number of carbonyl (C=O) groups excluding carboxylic acids is 2. The van der Waals surface area contributed by atoms with E-state index in [0.717, 1.165) is 5.69 Å². The normalized spacial score (nSPS) is 13.0. The molecule has 0 atom stereocenters. The van der Waals surface area contributed by atoms with E-state index in [1.165, 1.54) is 7.11 Å². The molecular formula is C26H29ClN6O5. The highest BCUT2D eigenvalue weighted by Gasteiger charge is 2.22. The van der Waals surface area contributed by atoms with Crippen LogP contribution in [0.5, 0.6) is 11.5 Å². The zero-order valence-electron chi connectivity index (χ0n) is 20.8. The van der Waals surface area contributed by atoms with Gasteiger partial charge in [0.15, 0.2) is 11.6 Å². The zero-order valence-corrected chi connectivity index (χ0v) is 21.6. The van der Waals surface area contributed by atoms with E-state index in [1.54, 1.807) is 41.4 Å². The van der Waals surface area contributed by atoms with Gasteiger partial charge >= 0.3 is 12.1 Å². The summed E-state index contributed by atoms with van der Waals surface area (Å²) in [6.07, 6.45) is 1.57. The summed E-state index contributed by atoms with van der Waals surface area (Å²) in [7, 11) is 1.51. The predicted molar refractivity (Wildman–Crippen MR) is 147 cm³/mol. The fraction of sp³-hybridized carbons (Fsp3) is 0.269. The molecule has 2 heterocycles. The highest BCUT2D eigenvalue weighted by atomic mass is 35.5. The van der Waals surface area contributed by atoms with E-state index in [2.05, 4.69) is 25.8 Å². The summed E-state index contributed by atoms with van der Waals surface area (Å²) in [5.74, 6) is 1.32. The van der Waals surface area contributed by atoms with E-state index in [1.807, 2.05) is 24.3 Å². The van der Waals surface area contributed by atoms with Crippen LogP contribution in [0.25, 0.3) is 0 Å². The topological polar surface area (TPSA) is 128 Å². The second kappa shape index (κ2) is 12.8. The monoisotopic (exact) mass is 540 g/mol. The molecule has 0 spiro atoms. The summed E-state index contributed by atoms with van der Waals surface area (Å²) in [5.41, 5.74) is 2.11. The number of halogens is 1. The van der Waals surface area contributed by atoms with Crippen LogP contribution in [-0.2, 0) is 0 Å². The smallest absolute Gasteiger partial charge is 0.324 e. The molecule has 11 nitrogen and oxygen atoms in total. The van der Waals surface area contributed by atoms with Crippen LogP contribution in [0.3, 0.4) is 0 Å². The van der Waals surface area contributed by atoms with E-state index < -0.39 is 6.03 Å². The Balaban J connectivity index is 1.26. The van der Waals surface area contributed by atoms with Crippen molar-refractivity contribution in [2.45, 2.75) is 0 Å². The Morgan fingerprint density at radius 3 is 2.47 bits per heavy atom. The van der Waals surface area contributed by atoms with Gasteiger partial charge in [-0.1, -0.05) is 11.6 Å². The van der Waals surface area contributed by atoms with Gasteiger partial charge in [-0.25, -0.2) is 14.6 Å².